The van der Waals surface area contributed by atoms with Crippen LogP contribution in [0.3, 0.4) is 0 Å². The highest BCUT2D eigenvalue weighted by Crippen LogP contribution is 1.99. The highest BCUT2D eigenvalue weighted by atomic mass is 16.2. The summed E-state index contributed by atoms with van der Waals surface area (Å²) in [5.41, 5.74) is 0. The fraction of sp³-hybridized carbons (Fsp3) is 0.778. The number of nitriles is 1. The molecule has 0 aromatic carbocycles. The number of nitrogens with zero attached hydrogens (tertiary/aromatic N) is 2. The lowest BCUT2D eigenvalue weighted by atomic mass is 10.3. The van der Waals surface area contributed by atoms with E-state index in [9.17, 15) is 4.79 Å². The summed E-state index contributed by atoms with van der Waals surface area (Å²) in [5, 5.41) is 11.2. The molecular weight excluding hydrogens is 166 g/mol. The molecule has 0 radical (unpaired) electrons. The van der Waals surface area contributed by atoms with Gasteiger partial charge in [-0.1, -0.05) is 0 Å². The van der Waals surface area contributed by atoms with Crippen LogP contribution in [0.4, 0.5) is 0 Å². The van der Waals surface area contributed by atoms with Crippen LogP contribution in [0.1, 0.15) is 20.3 Å². The Bertz CT molecular complexity index is 196. The highest BCUT2D eigenvalue weighted by molar-refractivity contribution is 5.78. The van der Waals surface area contributed by atoms with E-state index in [1.54, 1.807) is 11.9 Å². The Morgan fingerprint density at radius 2 is 2.23 bits per heavy atom. The van der Waals surface area contributed by atoms with Crippen LogP contribution in [0.2, 0.25) is 0 Å². The fourth-order valence-corrected chi connectivity index (χ4v) is 1.09. The summed E-state index contributed by atoms with van der Waals surface area (Å²) in [6.45, 7) is 4.76. The van der Waals surface area contributed by atoms with Gasteiger partial charge in [0, 0.05) is 12.6 Å². The van der Waals surface area contributed by atoms with Gasteiger partial charge in [-0.25, -0.2) is 0 Å². The number of amides is 1. The number of likely N-dealkylation sites (N-methyl/N-ethyl adjacent to an activating group) is 1. The third-order valence-electron chi connectivity index (χ3n) is 1.74. The van der Waals surface area contributed by atoms with Gasteiger partial charge in [-0.05, 0) is 20.9 Å². The molecular formula is C9H17N3O. The molecule has 1 amide bonds. The molecule has 0 aliphatic heterocycles. The highest BCUT2D eigenvalue weighted by Gasteiger charge is 2.14. The Balaban J connectivity index is 4.09. The van der Waals surface area contributed by atoms with E-state index in [1.165, 1.54) is 0 Å². The van der Waals surface area contributed by atoms with Gasteiger partial charge in [0.05, 0.1) is 19.0 Å². The number of nitrogens with one attached hydrogen (secondary N) is 1. The van der Waals surface area contributed by atoms with Crippen LogP contribution < -0.4 is 5.32 Å². The second-order valence-electron chi connectivity index (χ2n) is 3.12. The van der Waals surface area contributed by atoms with Crippen molar-refractivity contribution in [3.05, 3.63) is 0 Å². The van der Waals surface area contributed by atoms with E-state index >= 15 is 0 Å². The molecule has 4 nitrogen and oxygen atoms in total. The number of carbonyl (C=O) groups is 1. The third kappa shape index (κ3) is 4.48. The van der Waals surface area contributed by atoms with E-state index in [0.29, 0.717) is 19.5 Å². The van der Waals surface area contributed by atoms with Crippen molar-refractivity contribution in [2.45, 2.75) is 26.3 Å². The van der Waals surface area contributed by atoms with Crippen molar-refractivity contribution in [3.8, 4) is 6.07 Å². The molecule has 0 bridgehead atoms. The van der Waals surface area contributed by atoms with Crippen molar-refractivity contribution in [1.29, 1.82) is 5.26 Å². The van der Waals surface area contributed by atoms with Crippen LogP contribution in [-0.2, 0) is 4.79 Å². The Labute approximate surface area is 79.5 Å². The molecule has 74 valence electrons. The largest absolute Gasteiger partial charge is 0.338 e. The van der Waals surface area contributed by atoms with Gasteiger partial charge in [0.25, 0.3) is 0 Å². The molecule has 0 fully saturated rings. The molecule has 0 spiro atoms. The molecule has 0 heterocycles. The van der Waals surface area contributed by atoms with Crippen LogP contribution in [0, 0.1) is 11.3 Å². The number of rotatable bonds is 5. The second-order valence-corrected chi connectivity index (χ2v) is 3.12. The normalized spacial score (nSPS) is 9.77. The van der Waals surface area contributed by atoms with Gasteiger partial charge < -0.3 is 10.2 Å². The lowest BCUT2D eigenvalue weighted by molar-refractivity contribution is -0.131. The van der Waals surface area contributed by atoms with Crippen molar-refractivity contribution < 1.29 is 4.79 Å². The van der Waals surface area contributed by atoms with Gasteiger partial charge in [-0.15, -0.1) is 0 Å². The second kappa shape index (κ2) is 6.44. The first kappa shape index (κ1) is 11.9. The molecule has 4 heteroatoms. The maximum absolute atomic E-state index is 11.4. The summed E-state index contributed by atoms with van der Waals surface area (Å²) in [5.74, 6) is 0.0488. The Hall–Kier alpha value is -1.08. The monoisotopic (exact) mass is 183 g/mol. The molecule has 0 unspecified atom stereocenters. The van der Waals surface area contributed by atoms with Crippen molar-refractivity contribution in [2.75, 3.05) is 20.1 Å². The van der Waals surface area contributed by atoms with Gasteiger partial charge in [0.2, 0.25) is 5.91 Å². The summed E-state index contributed by atoms with van der Waals surface area (Å²) in [6.07, 6.45) is 0.396. The smallest absolute Gasteiger partial charge is 0.236 e. The zero-order valence-corrected chi connectivity index (χ0v) is 8.50. The maximum Gasteiger partial charge on any atom is 0.236 e. The molecule has 0 aromatic heterocycles. The van der Waals surface area contributed by atoms with E-state index in [4.69, 9.17) is 5.26 Å². The Morgan fingerprint density at radius 1 is 1.62 bits per heavy atom. The molecule has 0 saturated carbocycles. The van der Waals surface area contributed by atoms with E-state index in [0.717, 1.165) is 0 Å². The van der Waals surface area contributed by atoms with E-state index in [1.807, 2.05) is 19.9 Å². The first-order chi connectivity index (χ1) is 6.13. The Kier molecular flexibility index (Phi) is 5.90. The molecule has 0 aliphatic carbocycles. The SMILES string of the molecule is CNCC(=O)N(CCC#N)C(C)C. The van der Waals surface area contributed by atoms with Crippen molar-refractivity contribution in [2.24, 2.45) is 0 Å². The van der Waals surface area contributed by atoms with E-state index in [-0.39, 0.29) is 11.9 Å². The van der Waals surface area contributed by atoms with Gasteiger partial charge in [-0.3, -0.25) is 4.79 Å². The van der Waals surface area contributed by atoms with Crippen LogP contribution in [0.5, 0.6) is 0 Å². The van der Waals surface area contributed by atoms with Gasteiger partial charge in [0.1, 0.15) is 0 Å². The first-order valence-electron chi connectivity index (χ1n) is 4.44. The van der Waals surface area contributed by atoms with Crippen LogP contribution in [-0.4, -0.2) is 37.0 Å². The van der Waals surface area contributed by atoms with Crippen LogP contribution in [0.25, 0.3) is 0 Å². The number of carbonyl (C=O) groups excluding carboxylic acids is 1. The zero-order chi connectivity index (χ0) is 10.3. The minimum absolute atomic E-state index is 0.0488. The van der Waals surface area contributed by atoms with Crippen LogP contribution >= 0.6 is 0 Å². The summed E-state index contributed by atoms with van der Waals surface area (Å²) < 4.78 is 0. The number of hydrogen-bond donors (Lipinski definition) is 1. The topological polar surface area (TPSA) is 56.1 Å². The predicted molar refractivity (Wildman–Crippen MR) is 51.0 cm³/mol. The van der Waals surface area contributed by atoms with Crippen molar-refractivity contribution >= 4 is 5.91 Å². The average Bonchev–Trinajstić information content (AvgIpc) is 2.05. The molecule has 0 aromatic rings. The lowest BCUT2D eigenvalue weighted by Crippen LogP contribution is -2.42. The molecule has 0 atom stereocenters. The summed E-state index contributed by atoms with van der Waals surface area (Å²) >= 11 is 0. The standard InChI is InChI=1S/C9H17N3O/c1-8(2)12(6-4-5-10)9(13)7-11-3/h8,11H,4,6-7H2,1-3H3. The molecule has 13 heavy (non-hydrogen) atoms. The zero-order valence-electron chi connectivity index (χ0n) is 8.50. The maximum atomic E-state index is 11.4. The Morgan fingerprint density at radius 3 is 2.62 bits per heavy atom. The summed E-state index contributed by atoms with van der Waals surface area (Å²) in [6, 6.07) is 2.20. The van der Waals surface area contributed by atoms with Gasteiger partial charge in [-0.2, -0.15) is 5.26 Å². The van der Waals surface area contributed by atoms with Gasteiger partial charge >= 0.3 is 0 Å². The minimum Gasteiger partial charge on any atom is -0.338 e. The summed E-state index contributed by atoms with van der Waals surface area (Å²) in [7, 11) is 1.74. The van der Waals surface area contributed by atoms with Crippen molar-refractivity contribution in [3.63, 3.8) is 0 Å². The minimum atomic E-state index is 0.0488. The third-order valence-corrected chi connectivity index (χ3v) is 1.74. The van der Waals surface area contributed by atoms with Gasteiger partial charge in [0.15, 0.2) is 0 Å². The van der Waals surface area contributed by atoms with Crippen LogP contribution in [0.15, 0.2) is 0 Å². The molecule has 0 saturated heterocycles. The first-order valence-corrected chi connectivity index (χ1v) is 4.44. The molecule has 0 aliphatic rings. The van der Waals surface area contributed by atoms with Crippen molar-refractivity contribution in [1.82, 2.24) is 10.2 Å². The lowest BCUT2D eigenvalue weighted by Gasteiger charge is -2.25. The fourth-order valence-electron chi connectivity index (χ4n) is 1.09. The predicted octanol–water partition coefficient (Wildman–Crippen LogP) is 0.356. The van der Waals surface area contributed by atoms with E-state index < -0.39 is 0 Å². The van der Waals surface area contributed by atoms with E-state index in [2.05, 4.69) is 5.32 Å². The quantitative estimate of drug-likeness (QED) is 0.669. The molecule has 0 rings (SSSR count). The molecule has 1 N–H and O–H groups in total. The average molecular weight is 183 g/mol. The number of hydrogen-bond acceptors (Lipinski definition) is 3. The summed E-state index contributed by atoms with van der Waals surface area (Å²) in [4.78, 5) is 13.2.